The third kappa shape index (κ3) is 3.47. The largest absolute Gasteiger partial charge is 0.347 e. The summed E-state index contributed by atoms with van der Waals surface area (Å²) < 4.78 is 1.94. The maximum absolute atomic E-state index is 12.3. The summed E-state index contributed by atoms with van der Waals surface area (Å²) in [7, 11) is 0. The minimum atomic E-state index is -0.0317. The van der Waals surface area contributed by atoms with Gasteiger partial charge >= 0.3 is 0 Å². The van der Waals surface area contributed by atoms with E-state index in [1.54, 1.807) is 0 Å². The van der Waals surface area contributed by atoms with Gasteiger partial charge in [-0.3, -0.25) is 4.79 Å². The maximum Gasteiger partial charge on any atom is 0.252 e. The Bertz CT molecular complexity index is 455. The molecule has 1 aliphatic carbocycles. The molecule has 18 heavy (non-hydrogen) atoms. The highest BCUT2D eigenvalue weighted by Gasteiger charge is 2.29. The van der Waals surface area contributed by atoms with E-state index in [0.717, 1.165) is 26.4 Å². The second kappa shape index (κ2) is 5.90. The first kappa shape index (κ1) is 14.3. The number of halogens is 2. The molecule has 0 bridgehead atoms. The van der Waals surface area contributed by atoms with E-state index in [4.69, 9.17) is 0 Å². The molecule has 1 aromatic carbocycles. The van der Waals surface area contributed by atoms with Gasteiger partial charge in [-0.05, 0) is 76.5 Å². The molecule has 1 fully saturated rings. The van der Waals surface area contributed by atoms with E-state index in [0.29, 0.717) is 0 Å². The SMILES string of the molecule is CC1(NC(=O)c2cc(I)ccc2Br)CCCCC1. The molecule has 1 aliphatic rings. The van der Waals surface area contributed by atoms with E-state index in [9.17, 15) is 4.79 Å². The van der Waals surface area contributed by atoms with Gasteiger partial charge in [-0.1, -0.05) is 19.3 Å². The Morgan fingerprint density at radius 2 is 2.00 bits per heavy atom. The van der Waals surface area contributed by atoms with Crippen molar-refractivity contribution in [3.63, 3.8) is 0 Å². The number of nitrogens with one attached hydrogen (secondary N) is 1. The van der Waals surface area contributed by atoms with E-state index in [1.165, 1.54) is 19.3 Å². The fraction of sp³-hybridized carbons (Fsp3) is 0.500. The summed E-state index contributed by atoms with van der Waals surface area (Å²) in [5, 5.41) is 3.21. The summed E-state index contributed by atoms with van der Waals surface area (Å²) in [4.78, 5) is 12.3. The van der Waals surface area contributed by atoms with E-state index in [2.05, 4.69) is 50.8 Å². The fourth-order valence-corrected chi connectivity index (χ4v) is 3.39. The molecule has 4 heteroatoms. The van der Waals surface area contributed by atoms with Crippen molar-refractivity contribution in [3.8, 4) is 0 Å². The van der Waals surface area contributed by atoms with Gasteiger partial charge in [-0.15, -0.1) is 0 Å². The number of benzene rings is 1. The average molecular weight is 422 g/mol. The third-order valence-electron chi connectivity index (χ3n) is 3.55. The summed E-state index contributed by atoms with van der Waals surface area (Å²) in [5.74, 6) is 0.0322. The molecule has 0 heterocycles. The molecule has 0 aliphatic heterocycles. The first-order valence-electron chi connectivity index (χ1n) is 6.28. The summed E-state index contributed by atoms with van der Waals surface area (Å²) >= 11 is 5.68. The summed E-state index contributed by atoms with van der Waals surface area (Å²) in [6, 6.07) is 5.84. The highest BCUT2D eigenvalue weighted by molar-refractivity contribution is 14.1. The van der Waals surface area contributed by atoms with Crippen LogP contribution in [0.4, 0.5) is 0 Å². The van der Waals surface area contributed by atoms with E-state index >= 15 is 0 Å². The van der Waals surface area contributed by atoms with Gasteiger partial charge in [0, 0.05) is 13.6 Å². The molecular formula is C14H17BrINO. The minimum absolute atomic E-state index is 0.0317. The lowest BCUT2D eigenvalue weighted by Crippen LogP contribution is -2.47. The van der Waals surface area contributed by atoms with Gasteiger partial charge in [0.05, 0.1) is 5.56 Å². The van der Waals surface area contributed by atoms with Crippen molar-refractivity contribution < 1.29 is 4.79 Å². The number of carbonyl (C=O) groups is 1. The highest BCUT2D eigenvalue weighted by atomic mass is 127. The molecule has 2 nitrogen and oxygen atoms in total. The van der Waals surface area contributed by atoms with Crippen molar-refractivity contribution in [3.05, 3.63) is 31.8 Å². The van der Waals surface area contributed by atoms with Crippen molar-refractivity contribution in [2.75, 3.05) is 0 Å². The third-order valence-corrected chi connectivity index (χ3v) is 4.91. The predicted octanol–water partition coefficient (Wildman–Crippen LogP) is 4.51. The molecule has 0 spiro atoms. The van der Waals surface area contributed by atoms with Crippen LogP contribution in [0.5, 0.6) is 0 Å². The molecule has 1 amide bonds. The van der Waals surface area contributed by atoms with Gasteiger partial charge < -0.3 is 5.32 Å². The van der Waals surface area contributed by atoms with Crippen molar-refractivity contribution in [1.29, 1.82) is 0 Å². The molecule has 1 N–H and O–H groups in total. The zero-order chi connectivity index (χ0) is 13.2. The average Bonchev–Trinajstić information content (AvgIpc) is 2.32. The van der Waals surface area contributed by atoms with Crippen LogP contribution < -0.4 is 5.32 Å². The maximum atomic E-state index is 12.3. The molecule has 98 valence electrons. The molecule has 0 aromatic heterocycles. The first-order chi connectivity index (χ1) is 8.50. The topological polar surface area (TPSA) is 29.1 Å². The lowest BCUT2D eigenvalue weighted by Gasteiger charge is -2.34. The van der Waals surface area contributed by atoms with Gasteiger partial charge in [0.25, 0.3) is 5.91 Å². The van der Waals surface area contributed by atoms with Crippen LogP contribution >= 0.6 is 38.5 Å². The summed E-state index contributed by atoms with van der Waals surface area (Å²) in [5.41, 5.74) is 0.699. The molecule has 0 radical (unpaired) electrons. The van der Waals surface area contributed by atoms with E-state index in [1.807, 2.05) is 18.2 Å². The quantitative estimate of drug-likeness (QED) is 0.699. The zero-order valence-corrected chi connectivity index (χ0v) is 14.2. The van der Waals surface area contributed by atoms with Crippen molar-refractivity contribution in [1.82, 2.24) is 5.32 Å². The van der Waals surface area contributed by atoms with E-state index < -0.39 is 0 Å². The van der Waals surface area contributed by atoms with Gasteiger partial charge in [-0.25, -0.2) is 0 Å². The normalized spacial score (nSPS) is 18.4. The molecule has 1 saturated carbocycles. The highest BCUT2D eigenvalue weighted by Crippen LogP contribution is 2.28. The fourth-order valence-electron chi connectivity index (χ4n) is 2.47. The first-order valence-corrected chi connectivity index (χ1v) is 8.15. The Labute approximate surface area is 130 Å². The summed E-state index contributed by atoms with van der Waals surface area (Å²) in [6.45, 7) is 2.16. The monoisotopic (exact) mass is 421 g/mol. The zero-order valence-electron chi connectivity index (χ0n) is 10.4. The van der Waals surface area contributed by atoms with E-state index in [-0.39, 0.29) is 11.4 Å². The Morgan fingerprint density at radius 1 is 1.33 bits per heavy atom. The van der Waals surface area contributed by atoms with Crippen molar-refractivity contribution >= 4 is 44.4 Å². The van der Waals surface area contributed by atoms with Crippen LogP contribution in [0.15, 0.2) is 22.7 Å². The van der Waals surface area contributed by atoms with Crippen LogP contribution in [0.3, 0.4) is 0 Å². The van der Waals surface area contributed by atoms with Gasteiger partial charge in [0.1, 0.15) is 0 Å². The molecule has 0 unspecified atom stereocenters. The predicted molar refractivity (Wildman–Crippen MR) is 85.8 cm³/mol. The van der Waals surface area contributed by atoms with Crippen LogP contribution in [0.1, 0.15) is 49.4 Å². The second-order valence-corrected chi connectivity index (χ2v) is 7.30. The number of hydrogen-bond donors (Lipinski definition) is 1. The lowest BCUT2D eigenvalue weighted by molar-refractivity contribution is 0.0882. The van der Waals surface area contributed by atoms with Crippen LogP contribution in [-0.2, 0) is 0 Å². The van der Waals surface area contributed by atoms with Crippen molar-refractivity contribution in [2.24, 2.45) is 0 Å². The Kier molecular flexibility index (Phi) is 4.69. The standard InChI is InChI=1S/C14H17BrINO/c1-14(7-3-2-4-8-14)17-13(18)11-9-10(16)5-6-12(11)15/h5-6,9H,2-4,7-8H2,1H3,(H,17,18). The van der Waals surface area contributed by atoms with Gasteiger partial charge in [0.2, 0.25) is 0 Å². The number of hydrogen-bond acceptors (Lipinski definition) is 1. The molecule has 1 aromatic rings. The Morgan fingerprint density at radius 3 is 2.67 bits per heavy atom. The van der Waals surface area contributed by atoms with Crippen molar-refractivity contribution in [2.45, 2.75) is 44.6 Å². The van der Waals surface area contributed by atoms with Gasteiger partial charge in [-0.2, -0.15) is 0 Å². The van der Waals surface area contributed by atoms with Crippen LogP contribution in [0, 0.1) is 3.57 Å². The Balaban J connectivity index is 2.14. The molecule has 0 atom stereocenters. The van der Waals surface area contributed by atoms with Crippen LogP contribution in [-0.4, -0.2) is 11.4 Å². The van der Waals surface area contributed by atoms with Crippen LogP contribution in [0.2, 0.25) is 0 Å². The minimum Gasteiger partial charge on any atom is -0.347 e. The van der Waals surface area contributed by atoms with Crippen LogP contribution in [0.25, 0.3) is 0 Å². The lowest BCUT2D eigenvalue weighted by atomic mass is 9.83. The number of carbonyl (C=O) groups excluding carboxylic acids is 1. The Hall–Kier alpha value is -0.100. The summed E-state index contributed by atoms with van der Waals surface area (Å²) in [6.07, 6.45) is 5.88. The molecule has 2 rings (SSSR count). The second-order valence-electron chi connectivity index (χ2n) is 5.20. The molecular weight excluding hydrogens is 405 g/mol. The molecule has 0 saturated heterocycles. The number of rotatable bonds is 2. The number of amides is 1. The van der Waals surface area contributed by atoms with Gasteiger partial charge in [0.15, 0.2) is 0 Å². The smallest absolute Gasteiger partial charge is 0.252 e.